The van der Waals surface area contributed by atoms with Gasteiger partial charge in [-0.3, -0.25) is 14.9 Å². The van der Waals surface area contributed by atoms with E-state index in [2.05, 4.69) is 21.2 Å². The van der Waals surface area contributed by atoms with Gasteiger partial charge in [-0.05, 0) is 53.1 Å². The van der Waals surface area contributed by atoms with Crippen molar-refractivity contribution in [2.45, 2.75) is 13.2 Å². The molecule has 1 aliphatic rings. The quantitative estimate of drug-likeness (QED) is 0.546. The molecule has 30 heavy (non-hydrogen) atoms. The molecule has 148 valence electrons. The number of carbonyl (C=O) groups is 1. The molecule has 0 saturated heterocycles. The Balaban J connectivity index is 1.36. The Labute approximate surface area is 174 Å². The molecule has 6 nitrogen and oxygen atoms in total. The highest BCUT2D eigenvalue weighted by Crippen LogP contribution is 2.31. The summed E-state index contributed by atoms with van der Waals surface area (Å²) in [5.41, 5.74) is 6.88. The van der Waals surface area contributed by atoms with Crippen LogP contribution in [0.1, 0.15) is 21.5 Å². The van der Waals surface area contributed by atoms with Crippen molar-refractivity contribution in [2.24, 2.45) is 0 Å². The van der Waals surface area contributed by atoms with Crippen LogP contribution in [0.25, 0.3) is 22.4 Å². The number of benzene rings is 2. The molecule has 6 heteroatoms. The van der Waals surface area contributed by atoms with Gasteiger partial charge in [-0.15, -0.1) is 0 Å². The van der Waals surface area contributed by atoms with Gasteiger partial charge in [0.15, 0.2) is 0 Å². The summed E-state index contributed by atoms with van der Waals surface area (Å²) in [5, 5.41) is 7.32. The van der Waals surface area contributed by atoms with E-state index in [0.29, 0.717) is 13.2 Å². The highest BCUT2D eigenvalue weighted by atomic mass is 16.5. The minimum absolute atomic E-state index is 0.0785. The number of amides is 1. The number of pyridine rings is 1. The normalized spacial score (nSPS) is 12.8. The van der Waals surface area contributed by atoms with Gasteiger partial charge < -0.3 is 9.64 Å². The lowest BCUT2D eigenvalue weighted by Crippen LogP contribution is -2.17. The molecule has 0 spiro atoms. The van der Waals surface area contributed by atoms with E-state index < -0.39 is 0 Å². The van der Waals surface area contributed by atoms with Crippen LogP contribution >= 0.6 is 0 Å². The second kappa shape index (κ2) is 7.48. The highest BCUT2D eigenvalue weighted by molar-refractivity contribution is 5.98. The van der Waals surface area contributed by atoms with Crippen LogP contribution in [-0.4, -0.2) is 33.0 Å². The molecule has 0 aliphatic carbocycles. The summed E-state index contributed by atoms with van der Waals surface area (Å²) in [7, 11) is 1.82. The van der Waals surface area contributed by atoms with Crippen molar-refractivity contribution in [1.82, 2.24) is 20.1 Å². The van der Waals surface area contributed by atoms with E-state index in [1.165, 1.54) is 0 Å². The van der Waals surface area contributed by atoms with Crippen molar-refractivity contribution in [3.05, 3.63) is 89.9 Å². The summed E-state index contributed by atoms with van der Waals surface area (Å²) in [5.74, 6) is 0.853. The first-order valence-corrected chi connectivity index (χ1v) is 9.73. The van der Waals surface area contributed by atoms with Crippen LogP contribution in [0, 0.1) is 0 Å². The maximum absolute atomic E-state index is 12.1. The van der Waals surface area contributed by atoms with Crippen molar-refractivity contribution in [3.63, 3.8) is 0 Å². The fourth-order valence-electron chi connectivity index (χ4n) is 3.77. The number of aromatic nitrogens is 3. The molecule has 5 rings (SSSR count). The Morgan fingerprint density at radius 3 is 2.77 bits per heavy atom. The van der Waals surface area contributed by atoms with Crippen LogP contribution in [0.2, 0.25) is 0 Å². The standard InChI is InChI=1S/C24H20N4O2/c1-28-14-19-11-16(5-6-21(19)24(28)29)15-30-20-4-2-3-18(12-20)23-22(13-26-27-23)17-7-9-25-10-8-17/h2-13H,14-15H2,1H3,(H,26,27). The first kappa shape index (κ1) is 18.1. The minimum atomic E-state index is 0.0785. The topological polar surface area (TPSA) is 71.1 Å². The van der Waals surface area contributed by atoms with E-state index >= 15 is 0 Å². The van der Waals surface area contributed by atoms with Gasteiger partial charge in [-0.2, -0.15) is 5.10 Å². The molecule has 1 aliphatic heterocycles. The Kier molecular flexibility index (Phi) is 4.52. The van der Waals surface area contributed by atoms with Gasteiger partial charge in [-0.25, -0.2) is 0 Å². The average molecular weight is 396 g/mol. The van der Waals surface area contributed by atoms with Crippen LogP contribution in [0.3, 0.4) is 0 Å². The van der Waals surface area contributed by atoms with Gasteiger partial charge in [0, 0.05) is 42.7 Å². The van der Waals surface area contributed by atoms with Gasteiger partial charge in [0.2, 0.25) is 0 Å². The number of rotatable bonds is 5. The summed E-state index contributed by atoms with van der Waals surface area (Å²) in [6.07, 6.45) is 5.36. The summed E-state index contributed by atoms with van der Waals surface area (Å²) in [6.45, 7) is 1.09. The van der Waals surface area contributed by atoms with Gasteiger partial charge in [0.25, 0.3) is 5.91 Å². The molecule has 1 N–H and O–H groups in total. The first-order valence-electron chi connectivity index (χ1n) is 9.73. The maximum atomic E-state index is 12.1. The number of carbonyl (C=O) groups excluding carboxylic acids is 1. The number of fused-ring (bicyclic) bond motifs is 1. The third-order valence-electron chi connectivity index (χ3n) is 5.31. The third kappa shape index (κ3) is 3.33. The zero-order chi connectivity index (χ0) is 20.5. The average Bonchev–Trinajstić information content (AvgIpc) is 3.38. The van der Waals surface area contributed by atoms with E-state index in [0.717, 1.165) is 44.8 Å². The Bertz CT molecular complexity index is 1220. The molecule has 0 unspecified atom stereocenters. The van der Waals surface area contributed by atoms with Gasteiger partial charge in [-0.1, -0.05) is 18.2 Å². The molecule has 1 amide bonds. The molecule has 3 heterocycles. The molecule has 2 aromatic carbocycles. The van der Waals surface area contributed by atoms with Crippen molar-refractivity contribution in [3.8, 4) is 28.1 Å². The molecule has 4 aromatic rings. The second-order valence-electron chi connectivity index (χ2n) is 7.36. The number of H-pyrrole nitrogens is 1. The smallest absolute Gasteiger partial charge is 0.254 e. The SMILES string of the molecule is CN1Cc2cc(COc3cccc(-c4[nH]ncc4-c4ccncc4)c3)ccc2C1=O. The third-order valence-corrected chi connectivity index (χ3v) is 5.31. The van der Waals surface area contributed by atoms with E-state index in [1.807, 2.05) is 61.8 Å². The number of nitrogens with one attached hydrogen (secondary N) is 1. The van der Waals surface area contributed by atoms with Crippen LogP contribution in [0.5, 0.6) is 5.75 Å². The highest BCUT2D eigenvalue weighted by Gasteiger charge is 2.24. The summed E-state index contributed by atoms with van der Waals surface area (Å²) < 4.78 is 6.05. The molecule has 0 fully saturated rings. The fourth-order valence-corrected chi connectivity index (χ4v) is 3.77. The number of hydrogen-bond donors (Lipinski definition) is 1. The molecule has 2 aromatic heterocycles. The summed E-state index contributed by atoms with van der Waals surface area (Å²) in [4.78, 5) is 17.9. The predicted octanol–water partition coefficient (Wildman–Crippen LogP) is 4.30. The van der Waals surface area contributed by atoms with Crippen molar-refractivity contribution >= 4 is 5.91 Å². The Morgan fingerprint density at radius 1 is 1.03 bits per heavy atom. The van der Waals surface area contributed by atoms with E-state index in [-0.39, 0.29) is 5.91 Å². The molecule has 0 saturated carbocycles. The lowest BCUT2D eigenvalue weighted by atomic mass is 10.0. The fraction of sp³-hybridized carbons (Fsp3) is 0.125. The Morgan fingerprint density at radius 2 is 1.90 bits per heavy atom. The molecule has 0 bridgehead atoms. The molecular formula is C24H20N4O2. The zero-order valence-electron chi connectivity index (χ0n) is 16.5. The van der Waals surface area contributed by atoms with E-state index in [4.69, 9.17) is 4.74 Å². The molecule has 0 atom stereocenters. The zero-order valence-corrected chi connectivity index (χ0v) is 16.5. The van der Waals surface area contributed by atoms with Gasteiger partial charge >= 0.3 is 0 Å². The lowest BCUT2D eigenvalue weighted by Gasteiger charge is -2.10. The van der Waals surface area contributed by atoms with E-state index in [9.17, 15) is 4.79 Å². The maximum Gasteiger partial charge on any atom is 0.254 e. The van der Waals surface area contributed by atoms with Crippen LogP contribution < -0.4 is 4.74 Å². The van der Waals surface area contributed by atoms with Crippen molar-refractivity contribution < 1.29 is 9.53 Å². The van der Waals surface area contributed by atoms with Crippen LogP contribution in [0.4, 0.5) is 0 Å². The number of aromatic amines is 1. The van der Waals surface area contributed by atoms with Gasteiger partial charge in [0.1, 0.15) is 12.4 Å². The number of ether oxygens (including phenoxy) is 1. The van der Waals surface area contributed by atoms with Crippen LogP contribution in [-0.2, 0) is 13.2 Å². The largest absolute Gasteiger partial charge is 0.489 e. The number of nitrogens with zero attached hydrogens (tertiary/aromatic N) is 3. The Hall–Kier alpha value is -3.93. The van der Waals surface area contributed by atoms with Crippen molar-refractivity contribution in [2.75, 3.05) is 7.05 Å². The first-order chi connectivity index (χ1) is 14.7. The molecule has 0 radical (unpaired) electrons. The van der Waals surface area contributed by atoms with Gasteiger partial charge in [0.05, 0.1) is 11.9 Å². The second-order valence-corrected chi connectivity index (χ2v) is 7.36. The minimum Gasteiger partial charge on any atom is -0.489 e. The monoisotopic (exact) mass is 396 g/mol. The number of hydrogen-bond acceptors (Lipinski definition) is 4. The predicted molar refractivity (Wildman–Crippen MR) is 114 cm³/mol. The van der Waals surface area contributed by atoms with E-state index in [1.54, 1.807) is 17.3 Å². The molecular weight excluding hydrogens is 376 g/mol. The lowest BCUT2D eigenvalue weighted by molar-refractivity contribution is 0.0816. The van der Waals surface area contributed by atoms with Crippen molar-refractivity contribution in [1.29, 1.82) is 0 Å². The summed E-state index contributed by atoms with van der Waals surface area (Å²) in [6, 6.07) is 17.8. The summed E-state index contributed by atoms with van der Waals surface area (Å²) >= 11 is 0. The van der Waals surface area contributed by atoms with Crippen LogP contribution in [0.15, 0.2) is 73.2 Å².